The second-order valence-electron chi connectivity index (χ2n) is 4.78. The molecule has 108 valence electrons. The Labute approximate surface area is 133 Å². The first-order valence-electron chi connectivity index (χ1n) is 6.49. The molecule has 3 rings (SSSR count). The normalized spacial score (nSPS) is 13.0. The van der Waals surface area contributed by atoms with Gasteiger partial charge in [-0.25, -0.2) is 0 Å². The molecule has 0 unspecified atom stereocenters. The quantitative estimate of drug-likeness (QED) is 0.909. The Morgan fingerprint density at radius 3 is 2.71 bits per heavy atom. The lowest BCUT2D eigenvalue weighted by atomic mass is 10.1. The average molecular weight is 365 g/mol. The van der Waals surface area contributed by atoms with Gasteiger partial charge in [0.25, 0.3) is 5.91 Å². The van der Waals surface area contributed by atoms with Crippen LogP contribution in [0.25, 0.3) is 0 Å². The van der Waals surface area contributed by atoms with Gasteiger partial charge >= 0.3 is 0 Å². The molecule has 1 heterocycles. The number of carbonyl (C=O) groups is 2. The number of halogens is 1. The van der Waals surface area contributed by atoms with E-state index in [-0.39, 0.29) is 11.5 Å². The Bertz CT molecular complexity index is 739. The van der Waals surface area contributed by atoms with Gasteiger partial charge in [-0.2, -0.15) is 0 Å². The van der Waals surface area contributed by atoms with E-state index in [1.165, 1.54) is 11.3 Å². The third-order valence-electron chi connectivity index (χ3n) is 3.47. The van der Waals surface area contributed by atoms with E-state index in [0.717, 1.165) is 29.7 Å². The van der Waals surface area contributed by atoms with Gasteiger partial charge in [-0.15, -0.1) is 11.3 Å². The number of hydrogen-bond acceptors (Lipinski definition) is 4. The molecule has 2 aromatic rings. The second-order valence-corrected chi connectivity index (χ2v) is 6.74. The molecule has 6 heteroatoms. The average Bonchev–Trinajstić information content (AvgIpc) is 2.98. The molecule has 1 aliphatic carbocycles. The first-order chi connectivity index (χ1) is 10.1. The number of thiophene rings is 1. The van der Waals surface area contributed by atoms with E-state index in [2.05, 4.69) is 21.2 Å². The molecule has 0 saturated carbocycles. The third kappa shape index (κ3) is 2.61. The number of rotatable bonds is 3. The fourth-order valence-corrected chi connectivity index (χ4v) is 4.26. The second kappa shape index (κ2) is 5.61. The summed E-state index contributed by atoms with van der Waals surface area (Å²) in [5, 5.41) is 14.4. The van der Waals surface area contributed by atoms with Crippen LogP contribution >= 0.6 is 27.3 Å². The van der Waals surface area contributed by atoms with Crippen molar-refractivity contribution in [2.75, 3.05) is 5.32 Å². The molecular formula is C15H11BrNO3S-. The zero-order valence-corrected chi connectivity index (χ0v) is 13.3. The third-order valence-corrected chi connectivity index (χ3v) is 5.37. The van der Waals surface area contributed by atoms with Crippen molar-refractivity contribution < 1.29 is 14.7 Å². The summed E-state index contributed by atoms with van der Waals surface area (Å²) in [6, 6.07) is 7.02. The monoisotopic (exact) mass is 364 g/mol. The molecule has 4 nitrogen and oxygen atoms in total. The fraction of sp³-hybridized carbons (Fsp3) is 0.200. The largest absolute Gasteiger partial charge is 0.545 e. The van der Waals surface area contributed by atoms with Crippen molar-refractivity contribution in [1.82, 2.24) is 0 Å². The van der Waals surface area contributed by atoms with Crippen LogP contribution in [-0.4, -0.2) is 11.9 Å². The summed E-state index contributed by atoms with van der Waals surface area (Å²) in [5.41, 5.74) is 1.44. The minimum atomic E-state index is -1.23. The highest BCUT2D eigenvalue weighted by Gasteiger charge is 2.24. The fourth-order valence-electron chi connectivity index (χ4n) is 2.52. The van der Waals surface area contributed by atoms with Crippen LogP contribution in [0.2, 0.25) is 0 Å². The minimum Gasteiger partial charge on any atom is -0.545 e. The van der Waals surface area contributed by atoms with Gasteiger partial charge in [0, 0.05) is 14.9 Å². The number of aromatic carboxylic acids is 1. The van der Waals surface area contributed by atoms with E-state index < -0.39 is 5.97 Å². The standard InChI is InChI=1S/C15H12BrNO3S/c16-10-6-2-1-4-8(10)13(18)17-14-12(15(19)20)9-5-3-7-11(9)21-14/h1-2,4,6H,3,5,7H2,(H,17,18)(H,19,20)/p-1. The zero-order chi connectivity index (χ0) is 15.0. The molecule has 0 atom stereocenters. The van der Waals surface area contributed by atoms with Crippen LogP contribution in [0, 0.1) is 0 Å². The number of fused-ring (bicyclic) bond motifs is 1. The van der Waals surface area contributed by atoms with E-state index in [0.29, 0.717) is 15.0 Å². The van der Waals surface area contributed by atoms with Gasteiger partial charge < -0.3 is 15.2 Å². The SMILES string of the molecule is O=C(Nc1sc2c(c1C(=O)[O-])CCC2)c1ccccc1Br. The van der Waals surface area contributed by atoms with E-state index in [4.69, 9.17) is 0 Å². The van der Waals surface area contributed by atoms with Crippen molar-refractivity contribution >= 4 is 44.1 Å². The zero-order valence-electron chi connectivity index (χ0n) is 10.9. The van der Waals surface area contributed by atoms with Crippen molar-refractivity contribution in [2.45, 2.75) is 19.3 Å². The molecule has 1 N–H and O–H groups in total. The number of amides is 1. The number of benzene rings is 1. The Balaban J connectivity index is 1.94. The highest BCUT2D eigenvalue weighted by atomic mass is 79.9. The maximum absolute atomic E-state index is 12.3. The van der Waals surface area contributed by atoms with Gasteiger partial charge in [-0.3, -0.25) is 4.79 Å². The summed E-state index contributed by atoms with van der Waals surface area (Å²) in [4.78, 5) is 24.7. The predicted molar refractivity (Wildman–Crippen MR) is 82.8 cm³/mol. The lowest BCUT2D eigenvalue weighted by Gasteiger charge is -2.09. The predicted octanol–water partition coefficient (Wildman–Crippen LogP) is 2.62. The van der Waals surface area contributed by atoms with Gasteiger partial charge in [0.05, 0.1) is 11.5 Å². The summed E-state index contributed by atoms with van der Waals surface area (Å²) >= 11 is 4.65. The number of carboxylic acids is 1. The van der Waals surface area contributed by atoms with Crippen LogP contribution in [0.4, 0.5) is 5.00 Å². The molecule has 1 aromatic carbocycles. The molecule has 1 aromatic heterocycles. The smallest absolute Gasteiger partial charge is 0.257 e. The van der Waals surface area contributed by atoms with Crippen LogP contribution in [0.1, 0.15) is 37.6 Å². The van der Waals surface area contributed by atoms with Crippen LogP contribution < -0.4 is 10.4 Å². The highest BCUT2D eigenvalue weighted by molar-refractivity contribution is 9.10. The summed E-state index contributed by atoms with van der Waals surface area (Å²) in [6.07, 6.45) is 2.56. The Hall–Kier alpha value is -1.66. The molecule has 0 bridgehead atoms. The molecule has 0 spiro atoms. The van der Waals surface area contributed by atoms with Crippen LogP contribution in [0.15, 0.2) is 28.7 Å². The van der Waals surface area contributed by atoms with Crippen LogP contribution in [0.5, 0.6) is 0 Å². The van der Waals surface area contributed by atoms with Crippen molar-refractivity contribution in [2.24, 2.45) is 0 Å². The maximum atomic E-state index is 12.3. The molecule has 0 fully saturated rings. The summed E-state index contributed by atoms with van der Waals surface area (Å²) in [7, 11) is 0. The van der Waals surface area contributed by atoms with Crippen molar-refractivity contribution in [3.8, 4) is 0 Å². The van der Waals surface area contributed by atoms with Gasteiger partial charge in [0.2, 0.25) is 0 Å². The molecule has 1 amide bonds. The molecular weight excluding hydrogens is 354 g/mol. The summed E-state index contributed by atoms with van der Waals surface area (Å²) < 4.78 is 0.668. The van der Waals surface area contributed by atoms with E-state index >= 15 is 0 Å². The van der Waals surface area contributed by atoms with Gasteiger partial charge in [0.1, 0.15) is 5.00 Å². The lowest BCUT2D eigenvalue weighted by Crippen LogP contribution is -2.25. The lowest BCUT2D eigenvalue weighted by molar-refractivity contribution is -0.254. The number of carbonyl (C=O) groups excluding carboxylic acids is 2. The van der Waals surface area contributed by atoms with E-state index in [9.17, 15) is 14.7 Å². The number of anilines is 1. The van der Waals surface area contributed by atoms with Crippen molar-refractivity contribution in [3.63, 3.8) is 0 Å². The first kappa shape index (κ1) is 14.3. The summed E-state index contributed by atoms with van der Waals surface area (Å²) in [6.45, 7) is 0. The Kier molecular flexibility index (Phi) is 3.82. The molecule has 0 radical (unpaired) electrons. The van der Waals surface area contributed by atoms with Gasteiger partial charge in [-0.05, 0) is 52.9 Å². The van der Waals surface area contributed by atoms with Crippen molar-refractivity contribution in [1.29, 1.82) is 0 Å². The number of aryl methyl sites for hydroxylation is 1. The number of carboxylic acid groups (broad SMARTS) is 1. The first-order valence-corrected chi connectivity index (χ1v) is 8.10. The molecule has 0 aliphatic heterocycles. The number of nitrogens with one attached hydrogen (secondary N) is 1. The van der Waals surface area contributed by atoms with Crippen LogP contribution in [-0.2, 0) is 12.8 Å². The molecule has 21 heavy (non-hydrogen) atoms. The highest BCUT2D eigenvalue weighted by Crippen LogP contribution is 2.39. The van der Waals surface area contributed by atoms with E-state index in [1.807, 2.05) is 6.07 Å². The Morgan fingerprint density at radius 2 is 2.00 bits per heavy atom. The number of hydrogen-bond donors (Lipinski definition) is 1. The van der Waals surface area contributed by atoms with Crippen LogP contribution in [0.3, 0.4) is 0 Å². The topological polar surface area (TPSA) is 69.2 Å². The molecule has 1 aliphatic rings. The van der Waals surface area contributed by atoms with Gasteiger partial charge in [-0.1, -0.05) is 12.1 Å². The Morgan fingerprint density at radius 1 is 1.24 bits per heavy atom. The van der Waals surface area contributed by atoms with E-state index in [1.54, 1.807) is 18.2 Å². The van der Waals surface area contributed by atoms with Crippen molar-refractivity contribution in [3.05, 3.63) is 50.3 Å². The molecule has 0 saturated heterocycles. The maximum Gasteiger partial charge on any atom is 0.257 e. The van der Waals surface area contributed by atoms with Gasteiger partial charge in [0.15, 0.2) is 0 Å². The minimum absolute atomic E-state index is 0.146. The summed E-state index contributed by atoms with van der Waals surface area (Å²) in [5.74, 6) is -1.55.